The number of rotatable bonds is 3. The second-order valence-corrected chi connectivity index (χ2v) is 4.36. The van der Waals surface area contributed by atoms with Crippen LogP contribution in [0, 0.1) is 11.5 Å². The third-order valence-electron chi connectivity index (χ3n) is 2.21. The number of hydrogen-bond donors (Lipinski definition) is 3. The summed E-state index contributed by atoms with van der Waals surface area (Å²) in [5.41, 5.74) is 11.2. The first-order chi connectivity index (χ1) is 9.63. The van der Waals surface area contributed by atoms with Crippen molar-refractivity contribution in [2.45, 2.75) is 0 Å². The molecule has 0 bridgehead atoms. The van der Waals surface area contributed by atoms with Gasteiger partial charge in [0.1, 0.15) is 5.69 Å². The molecule has 0 saturated heterocycles. The van der Waals surface area contributed by atoms with Crippen LogP contribution in [0.15, 0.2) is 31.9 Å². The van der Waals surface area contributed by atoms with E-state index in [1.165, 1.54) is 11.3 Å². The number of aromatic nitrogens is 1. The Morgan fingerprint density at radius 1 is 1.50 bits per heavy atom. The standard InChI is InChI=1S/C11H11N7OS/c1-15-9(16-5-12)8-3-2-7(19-8)6-4-20-11(17-6)18-10(13)14/h2-4H,1H3,(H,15,16)(H4,13,14,17,18). The molecule has 8 nitrogen and oxygen atoms in total. The van der Waals surface area contributed by atoms with E-state index in [9.17, 15) is 0 Å². The summed E-state index contributed by atoms with van der Waals surface area (Å²) in [6.45, 7) is 0. The Kier molecular flexibility index (Phi) is 3.97. The molecule has 20 heavy (non-hydrogen) atoms. The highest BCUT2D eigenvalue weighted by atomic mass is 32.1. The van der Waals surface area contributed by atoms with Crippen LogP contribution in [-0.4, -0.2) is 23.8 Å². The first-order valence-electron chi connectivity index (χ1n) is 5.41. The van der Waals surface area contributed by atoms with Gasteiger partial charge in [0.2, 0.25) is 5.13 Å². The fourth-order valence-electron chi connectivity index (χ4n) is 1.42. The van der Waals surface area contributed by atoms with E-state index >= 15 is 0 Å². The van der Waals surface area contributed by atoms with Gasteiger partial charge in [0.25, 0.3) is 0 Å². The largest absolute Gasteiger partial charge is 0.451 e. The zero-order valence-corrected chi connectivity index (χ0v) is 11.3. The average Bonchev–Trinajstić information content (AvgIpc) is 3.03. The monoisotopic (exact) mass is 289 g/mol. The summed E-state index contributed by atoms with van der Waals surface area (Å²) in [4.78, 5) is 12.0. The third kappa shape index (κ3) is 2.93. The van der Waals surface area contributed by atoms with Gasteiger partial charge in [0.05, 0.1) is 0 Å². The number of thiazole rings is 1. The van der Waals surface area contributed by atoms with Crippen molar-refractivity contribution in [3.63, 3.8) is 0 Å². The van der Waals surface area contributed by atoms with Gasteiger partial charge in [-0.1, -0.05) is 0 Å². The van der Waals surface area contributed by atoms with Crippen molar-refractivity contribution in [3.05, 3.63) is 23.3 Å². The molecule has 0 unspecified atom stereocenters. The maximum absolute atomic E-state index is 8.61. The quantitative estimate of drug-likeness (QED) is 0.330. The van der Waals surface area contributed by atoms with Gasteiger partial charge in [0, 0.05) is 12.4 Å². The summed E-state index contributed by atoms with van der Waals surface area (Å²) >= 11 is 1.29. The van der Waals surface area contributed by atoms with Crippen molar-refractivity contribution in [2.75, 3.05) is 7.05 Å². The molecule has 2 aromatic heterocycles. The SMILES string of the molecule is CN=C(NC#N)c1ccc(-c2csc(N=C(N)N)n2)o1. The van der Waals surface area contributed by atoms with Crippen LogP contribution in [0.5, 0.6) is 0 Å². The van der Waals surface area contributed by atoms with E-state index < -0.39 is 0 Å². The fourth-order valence-corrected chi connectivity index (χ4v) is 2.12. The molecule has 0 aliphatic carbocycles. The predicted octanol–water partition coefficient (Wildman–Crippen LogP) is 0.755. The zero-order valence-electron chi connectivity index (χ0n) is 10.5. The number of furan rings is 1. The van der Waals surface area contributed by atoms with Gasteiger partial charge in [0.15, 0.2) is 29.5 Å². The summed E-state index contributed by atoms with van der Waals surface area (Å²) in [6.07, 6.45) is 1.79. The zero-order chi connectivity index (χ0) is 14.5. The van der Waals surface area contributed by atoms with Crippen LogP contribution in [0.2, 0.25) is 0 Å². The van der Waals surface area contributed by atoms with E-state index in [-0.39, 0.29) is 5.96 Å². The molecule has 0 fully saturated rings. The van der Waals surface area contributed by atoms with Crippen molar-refractivity contribution in [1.29, 1.82) is 5.26 Å². The van der Waals surface area contributed by atoms with Crippen molar-refractivity contribution in [1.82, 2.24) is 10.3 Å². The molecule has 0 aliphatic rings. The van der Waals surface area contributed by atoms with Crippen molar-refractivity contribution in [3.8, 4) is 17.6 Å². The van der Waals surface area contributed by atoms with E-state index in [4.69, 9.17) is 21.1 Å². The van der Waals surface area contributed by atoms with Crippen LogP contribution in [0.1, 0.15) is 5.76 Å². The number of nitriles is 1. The first kappa shape index (κ1) is 13.6. The van der Waals surface area contributed by atoms with Gasteiger partial charge >= 0.3 is 0 Å². The van der Waals surface area contributed by atoms with Crippen LogP contribution in [0.3, 0.4) is 0 Å². The van der Waals surface area contributed by atoms with E-state index in [0.717, 1.165) is 0 Å². The minimum atomic E-state index is -0.0512. The Hall–Kier alpha value is -2.86. The van der Waals surface area contributed by atoms with Crippen LogP contribution >= 0.6 is 11.3 Å². The number of nitrogens with two attached hydrogens (primary N) is 2. The van der Waals surface area contributed by atoms with Gasteiger partial charge in [-0.3, -0.25) is 10.3 Å². The molecule has 5 N–H and O–H groups in total. The van der Waals surface area contributed by atoms with Gasteiger partial charge in [-0.2, -0.15) is 10.3 Å². The molecule has 2 aromatic rings. The number of nitrogens with one attached hydrogen (secondary N) is 1. The molecule has 2 heterocycles. The average molecular weight is 289 g/mol. The lowest BCUT2D eigenvalue weighted by molar-refractivity contribution is 0.568. The topological polar surface area (TPSA) is 139 Å². The Morgan fingerprint density at radius 3 is 2.95 bits per heavy atom. The Bertz CT molecular complexity index is 702. The number of aliphatic imine (C=N–C) groups is 2. The van der Waals surface area contributed by atoms with Crippen LogP contribution in [-0.2, 0) is 0 Å². The van der Waals surface area contributed by atoms with Gasteiger partial charge < -0.3 is 15.9 Å². The number of nitrogens with zero attached hydrogens (tertiary/aromatic N) is 4. The lowest BCUT2D eigenvalue weighted by Gasteiger charge is -1.97. The van der Waals surface area contributed by atoms with Crippen LogP contribution < -0.4 is 16.8 Å². The molecule has 0 saturated carbocycles. The van der Waals surface area contributed by atoms with E-state index in [2.05, 4.69) is 20.3 Å². The number of hydrogen-bond acceptors (Lipinski definition) is 6. The van der Waals surface area contributed by atoms with E-state index in [1.807, 2.05) is 0 Å². The molecular formula is C11H11N7OS. The highest BCUT2D eigenvalue weighted by Gasteiger charge is 2.12. The number of guanidine groups is 1. The van der Waals surface area contributed by atoms with Crippen molar-refractivity contribution >= 4 is 28.3 Å². The fraction of sp³-hybridized carbons (Fsp3) is 0.0909. The minimum absolute atomic E-state index is 0.0512. The highest BCUT2D eigenvalue weighted by molar-refractivity contribution is 7.13. The Balaban J connectivity index is 2.27. The molecule has 0 spiro atoms. The second-order valence-electron chi connectivity index (χ2n) is 3.52. The third-order valence-corrected chi connectivity index (χ3v) is 2.94. The van der Waals surface area contributed by atoms with Crippen molar-refractivity contribution in [2.24, 2.45) is 21.5 Å². The van der Waals surface area contributed by atoms with E-state index in [1.54, 1.807) is 30.8 Å². The van der Waals surface area contributed by atoms with Gasteiger partial charge in [-0.25, -0.2) is 4.98 Å². The molecule has 0 aromatic carbocycles. The highest BCUT2D eigenvalue weighted by Crippen LogP contribution is 2.28. The molecule has 102 valence electrons. The predicted molar refractivity (Wildman–Crippen MR) is 76.5 cm³/mol. The van der Waals surface area contributed by atoms with Gasteiger partial charge in [-0.15, -0.1) is 11.3 Å². The summed E-state index contributed by atoms with van der Waals surface area (Å²) < 4.78 is 5.58. The molecule has 0 amide bonds. The van der Waals surface area contributed by atoms with Gasteiger partial charge in [-0.05, 0) is 12.1 Å². The maximum Gasteiger partial charge on any atom is 0.212 e. The van der Waals surface area contributed by atoms with Crippen LogP contribution in [0.25, 0.3) is 11.5 Å². The lowest BCUT2D eigenvalue weighted by atomic mass is 10.3. The summed E-state index contributed by atoms with van der Waals surface area (Å²) in [6, 6.07) is 3.43. The number of amidine groups is 1. The summed E-state index contributed by atoms with van der Waals surface area (Å²) in [5.74, 6) is 1.28. The maximum atomic E-state index is 8.61. The molecular weight excluding hydrogens is 278 g/mol. The minimum Gasteiger partial charge on any atom is -0.451 e. The molecule has 2 rings (SSSR count). The van der Waals surface area contributed by atoms with Crippen LogP contribution in [0.4, 0.5) is 5.13 Å². The Labute approximate surface area is 118 Å². The molecule has 9 heteroatoms. The normalized spacial score (nSPS) is 10.9. The van der Waals surface area contributed by atoms with E-state index in [0.29, 0.717) is 28.2 Å². The second kappa shape index (κ2) is 5.85. The molecule has 0 atom stereocenters. The molecule has 0 radical (unpaired) electrons. The Morgan fingerprint density at radius 2 is 2.30 bits per heavy atom. The first-order valence-corrected chi connectivity index (χ1v) is 6.29. The lowest BCUT2D eigenvalue weighted by Crippen LogP contribution is -2.21. The summed E-state index contributed by atoms with van der Waals surface area (Å²) in [5, 5.41) is 13.3. The molecule has 0 aliphatic heterocycles. The summed E-state index contributed by atoms with van der Waals surface area (Å²) in [7, 11) is 1.56. The smallest absolute Gasteiger partial charge is 0.212 e. The van der Waals surface area contributed by atoms with Crippen molar-refractivity contribution < 1.29 is 4.42 Å².